The number of benzene rings is 4. The molecule has 5 rings (SSSR count). The number of alkyl halides is 3. The molecule has 0 aromatic heterocycles. The smallest absolute Gasteiger partial charge is 0.360 e. The summed E-state index contributed by atoms with van der Waals surface area (Å²) in [5, 5.41) is 0. The highest BCUT2D eigenvalue weighted by Gasteiger charge is 2.51. The van der Waals surface area contributed by atoms with Crippen LogP contribution in [0.5, 0.6) is 0 Å². The third kappa shape index (κ3) is 10.3. The molecule has 0 N–H and O–H groups in total. The average Bonchev–Trinajstić information content (AvgIpc) is 3.07. The molecule has 7 nitrogen and oxygen atoms in total. The fourth-order valence-corrected chi connectivity index (χ4v) is 5.15. The van der Waals surface area contributed by atoms with E-state index in [1.54, 1.807) is 0 Å². The third-order valence-corrected chi connectivity index (χ3v) is 7.76. The van der Waals surface area contributed by atoms with Crippen LogP contribution < -0.4 is 0 Å². The summed E-state index contributed by atoms with van der Waals surface area (Å²) in [6.07, 6.45) is -4.53. The molecule has 0 radical (unpaired) electrons. The molecule has 1 aliphatic heterocycles. The fraction of sp³-hybridized carbons (Fsp3) is 0.306. The maximum absolute atomic E-state index is 12.9. The highest BCUT2D eigenvalue weighted by Crippen LogP contribution is 2.34. The predicted octanol–water partition coefficient (Wildman–Crippen LogP) is 7.60. The van der Waals surface area contributed by atoms with Gasteiger partial charge in [0.05, 0.1) is 33.0 Å². The quantitative estimate of drug-likeness (QED) is 0.100. The van der Waals surface area contributed by atoms with Gasteiger partial charge in [-0.2, -0.15) is 0 Å². The minimum atomic E-state index is -2.34. The van der Waals surface area contributed by atoms with Gasteiger partial charge in [-0.1, -0.05) is 156 Å². The molecule has 1 heterocycles. The summed E-state index contributed by atoms with van der Waals surface area (Å²) < 4.78 is 35.4. The Hall–Kier alpha value is -2.98. The monoisotopic (exact) mass is 684 g/mol. The Bertz CT molecular complexity index is 1460. The molecule has 10 heteroatoms. The van der Waals surface area contributed by atoms with Crippen LogP contribution in [0.1, 0.15) is 22.3 Å². The lowest BCUT2D eigenvalue weighted by Gasteiger charge is -2.45. The van der Waals surface area contributed by atoms with E-state index in [4.69, 9.17) is 63.2 Å². The number of ether oxygens (including phenoxy) is 6. The zero-order valence-corrected chi connectivity index (χ0v) is 27.2. The van der Waals surface area contributed by atoms with Gasteiger partial charge in [-0.05, 0) is 22.3 Å². The van der Waals surface area contributed by atoms with Gasteiger partial charge in [0.15, 0.2) is 0 Å². The van der Waals surface area contributed by atoms with Gasteiger partial charge in [0.25, 0.3) is 3.79 Å². The fourth-order valence-electron chi connectivity index (χ4n) is 5.01. The SMILES string of the molecule is O=C(OC1O[C@H](COCc2ccccc2)[C@@H](OCc2ccccc2)[C@H](OCc2ccccc2)[C@H]1OCc1ccccc1)C(Cl)(Cl)Cl. The van der Waals surface area contributed by atoms with Gasteiger partial charge >= 0.3 is 5.97 Å². The largest absolute Gasteiger partial charge is 0.430 e. The van der Waals surface area contributed by atoms with Gasteiger partial charge < -0.3 is 28.4 Å². The predicted molar refractivity (Wildman–Crippen MR) is 176 cm³/mol. The Balaban J connectivity index is 1.46. The van der Waals surface area contributed by atoms with E-state index in [0.717, 1.165) is 22.3 Å². The van der Waals surface area contributed by atoms with Crippen molar-refractivity contribution in [3.63, 3.8) is 0 Å². The van der Waals surface area contributed by atoms with E-state index in [2.05, 4.69) is 0 Å². The summed E-state index contributed by atoms with van der Waals surface area (Å²) in [5.74, 6) is -1.11. The minimum Gasteiger partial charge on any atom is -0.430 e. The van der Waals surface area contributed by atoms with Crippen molar-refractivity contribution < 1.29 is 33.2 Å². The van der Waals surface area contributed by atoms with Crippen LogP contribution in [0.4, 0.5) is 0 Å². The second-order valence-corrected chi connectivity index (χ2v) is 13.0. The molecule has 4 aromatic rings. The number of carbonyl (C=O) groups excluding carboxylic acids is 1. The van der Waals surface area contributed by atoms with Crippen molar-refractivity contribution >= 4 is 40.8 Å². The van der Waals surface area contributed by atoms with Crippen molar-refractivity contribution in [1.82, 2.24) is 0 Å². The summed E-state index contributed by atoms with van der Waals surface area (Å²) in [6, 6.07) is 38.8. The Morgan fingerprint density at radius 1 is 0.565 bits per heavy atom. The lowest BCUT2D eigenvalue weighted by Crippen LogP contribution is -2.62. The minimum absolute atomic E-state index is 0.0901. The number of rotatable bonds is 14. The van der Waals surface area contributed by atoms with Crippen LogP contribution in [0.3, 0.4) is 0 Å². The van der Waals surface area contributed by atoms with Crippen molar-refractivity contribution in [2.75, 3.05) is 6.61 Å². The third-order valence-electron chi connectivity index (χ3n) is 7.30. The Kier molecular flexibility index (Phi) is 12.9. The van der Waals surface area contributed by atoms with E-state index in [1.807, 2.05) is 121 Å². The molecule has 0 spiro atoms. The first-order valence-corrected chi connectivity index (χ1v) is 16.0. The maximum Gasteiger partial charge on any atom is 0.360 e. The number of hydrogen-bond acceptors (Lipinski definition) is 7. The van der Waals surface area contributed by atoms with Crippen LogP contribution in [-0.4, -0.2) is 47.1 Å². The van der Waals surface area contributed by atoms with Crippen LogP contribution in [0.25, 0.3) is 0 Å². The van der Waals surface area contributed by atoms with Crippen LogP contribution in [0.15, 0.2) is 121 Å². The van der Waals surface area contributed by atoms with Gasteiger partial charge in [0, 0.05) is 0 Å². The number of halogens is 3. The number of carbonyl (C=O) groups is 1. The maximum atomic E-state index is 12.9. The molecule has 1 saturated heterocycles. The summed E-state index contributed by atoms with van der Waals surface area (Å²) in [6.45, 7) is 1.08. The van der Waals surface area contributed by atoms with E-state index in [9.17, 15) is 4.79 Å². The standard InChI is InChI=1S/C36H35Cl3O7/c37-36(38,39)35(40)46-34-33(44-24-29-19-11-4-12-20-29)32(43-23-28-17-9-3-10-18-28)31(42-22-27-15-7-2-8-16-27)30(45-34)25-41-21-26-13-5-1-6-14-26/h1-20,30-34H,21-25H2/t30-,31-,32+,33-,34?/m1/s1. The first kappa shape index (κ1) is 34.4. The lowest BCUT2D eigenvalue weighted by atomic mass is 9.97. The van der Waals surface area contributed by atoms with Crippen molar-refractivity contribution in [3.8, 4) is 0 Å². The average molecular weight is 686 g/mol. The molecule has 5 atom stereocenters. The van der Waals surface area contributed by atoms with E-state index >= 15 is 0 Å². The highest BCUT2D eigenvalue weighted by molar-refractivity contribution is 6.75. The van der Waals surface area contributed by atoms with Crippen molar-refractivity contribution in [2.24, 2.45) is 0 Å². The zero-order valence-electron chi connectivity index (χ0n) is 25.0. The zero-order chi connectivity index (χ0) is 32.2. The van der Waals surface area contributed by atoms with E-state index in [1.165, 1.54) is 0 Å². The first-order chi connectivity index (χ1) is 22.4. The molecule has 242 valence electrons. The van der Waals surface area contributed by atoms with Gasteiger partial charge in [0.2, 0.25) is 6.29 Å². The van der Waals surface area contributed by atoms with E-state index < -0.39 is 40.5 Å². The van der Waals surface area contributed by atoms with Crippen LogP contribution in [0.2, 0.25) is 0 Å². The Morgan fingerprint density at radius 2 is 0.957 bits per heavy atom. The molecule has 46 heavy (non-hydrogen) atoms. The van der Waals surface area contributed by atoms with Crippen molar-refractivity contribution in [2.45, 2.75) is 60.9 Å². The normalized spacial score (nSPS) is 21.5. The Morgan fingerprint density at radius 3 is 1.39 bits per heavy atom. The second kappa shape index (κ2) is 17.3. The Labute approximate surface area is 284 Å². The lowest BCUT2D eigenvalue weighted by molar-refractivity contribution is -0.320. The van der Waals surface area contributed by atoms with E-state index in [0.29, 0.717) is 6.61 Å². The number of hydrogen-bond donors (Lipinski definition) is 0. The molecule has 0 amide bonds. The van der Waals surface area contributed by atoms with Crippen molar-refractivity contribution in [1.29, 1.82) is 0 Å². The van der Waals surface area contributed by atoms with Gasteiger partial charge in [-0.15, -0.1) is 0 Å². The topological polar surface area (TPSA) is 72.5 Å². The molecule has 0 aliphatic carbocycles. The number of esters is 1. The molecule has 1 aliphatic rings. The summed E-state index contributed by atoms with van der Waals surface area (Å²) >= 11 is 17.7. The molecular formula is C36H35Cl3O7. The van der Waals surface area contributed by atoms with E-state index in [-0.39, 0.29) is 26.4 Å². The summed E-state index contributed by atoms with van der Waals surface area (Å²) in [7, 11) is 0. The van der Waals surface area contributed by atoms with Crippen LogP contribution in [0, 0.1) is 0 Å². The molecule has 4 aromatic carbocycles. The van der Waals surface area contributed by atoms with Gasteiger partial charge in [0.1, 0.15) is 24.4 Å². The molecule has 0 bridgehead atoms. The summed E-state index contributed by atoms with van der Waals surface area (Å²) in [4.78, 5) is 12.9. The highest BCUT2D eigenvalue weighted by atomic mass is 35.6. The molecule has 1 unspecified atom stereocenters. The molecular weight excluding hydrogens is 651 g/mol. The molecule has 0 saturated carbocycles. The van der Waals surface area contributed by atoms with Crippen LogP contribution in [-0.2, 0) is 59.6 Å². The molecule has 1 fully saturated rings. The second-order valence-electron chi connectivity index (χ2n) is 10.7. The summed E-state index contributed by atoms with van der Waals surface area (Å²) in [5.41, 5.74) is 3.77. The van der Waals surface area contributed by atoms with Gasteiger partial charge in [-0.25, -0.2) is 4.79 Å². The first-order valence-electron chi connectivity index (χ1n) is 14.9. The van der Waals surface area contributed by atoms with Crippen LogP contribution >= 0.6 is 34.8 Å². The van der Waals surface area contributed by atoms with Gasteiger partial charge in [-0.3, -0.25) is 0 Å². The van der Waals surface area contributed by atoms with Crippen molar-refractivity contribution in [3.05, 3.63) is 144 Å².